The standard InChI is InChI=1S/C18H26Cl2N2O/c1-3-18(4-2,14-5-6-15(19)16(20)11-14)17(23)22-10-8-13-7-9-21-12-13/h5-6,11,13,21H,3-4,7-10,12H2,1-2H3,(H,22,23). The van der Waals surface area contributed by atoms with Gasteiger partial charge in [0, 0.05) is 6.54 Å². The summed E-state index contributed by atoms with van der Waals surface area (Å²) in [5.41, 5.74) is 0.402. The molecule has 1 amide bonds. The molecule has 1 aliphatic heterocycles. The zero-order valence-electron chi connectivity index (χ0n) is 13.9. The summed E-state index contributed by atoms with van der Waals surface area (Å²) < 4.78 is 0. The monoisotopic (exact) mass is 356 g/mol. The van der Waals surface area contributed by atoms with Gasteiger partial charge in [-0.25, -0.2) is 0 Å². The summed E-state index contributed by atoms with van der Waals surface area (Å²) in [6.07, 6.45) is 3.70. The van der Waals surface area contributed by atoms with Gasteiger partial charge in [-0.15, -0.1) is 0 Å². The highest BCUT2D eigenvalue weighted by Crippen LogP contribution is 2.35. The molecule has 1 aromatic rings. The smallest absolute Gasteiger partial charge is 0.230 e. The lowest BCUT2D eigenvalue weighted by Gasteiger charge is -2.31. The van der Waals surface area contributed by atoms with Crippen molar-refractivity contribution in [2.24, 2.45) is 5.92 Å². The summed E-state index contributed by atoms with van der Waals surface area (Å²) >= 11 is 12.2. The van der Waals surface area contributed by atoms with E-state index in [0.29, 0.717) is 16.0 Å². The van der Waals surface area contributed by atoms with E-state index in [-0.39, 0.29) is 5.91 Å². The van der Waals surface area contributed by atoms with E-state index in [1.807, 2.05) is 26.0 Å². The minimum atomic E-state index is -0.540. The molecule has 1 saturated heterocycles. The Morgan fingerprint density at radius 2 is 2.04 bits per heavy atom. The third kappa shape index (κ3) is 4.20. The van der Waals surface area contributed by atoms with Gasteiger partial charge in [-0.1, -0.05) is 43.1 Å². The van der Waals surface area contributed by atoms with E-state index in [1.54, 1.807) is 6.07 Å². The van der Waals surface area contributed by atoms with Crippen molar-refractivity contribution in [2.45, 2.75) is 44.9 Å². The van der Waals surface area contributed by atoms with Gasteiger partial charge < -0.3 is 10.6 Å². The number of hydrogen-bond donors (Lipinski definition) is 2. The Bertz CT molecular complexity index is 538. The van der Waals surface area contributed by atoms with Crippen molar-refractivity contribution >= 4 is 29.1 Å². The van der Waals surface area contributed by atoms with Crippen LogP contribution in [0.2, 0.25) is 10.0 Å². The maximum Gasteiger partial charge on any atom is 0.230 e. The first kappa shape index (κ1) is 18.6. The van der Waals surface area contributed by atoms with E-state index in [9.17, 15) is 4.79 Å². The van der Waals surface area contributed by atoms with E-state index in [4.69, 9.17) is 23.2 Å². The molecule has 2 rings (SSSR count). The van der Waals surface area contributed by atoms with Crippen LogP contribution in [0.25, 0.3) is 0 Å². The summed E-state index contributed by atoms with van der Waals surface area (Å²) in [6.45, 7) is 6.98. The lowest BCUT2D eigenvalue weighted by Crippen LogP contribution is -2.44. The number of amides is 1. The average molecular weight is 357 g/mol. The third-order valence-corrected chi connectivity index (χ3v) is 5.85. The molecule has 1 heterocycles. The minimum absolute atomic E-state index is 0.0897. The number of nitrogens with one attached hydrogen (secondary N) is 2. The molecule has 2 N–H and O–H groups in total. The highest BCUT2D eigenvalue weighted by molar-refractivity contribution is 6.42. The van der Waals surface area contributed by atoms with Gasteiger partial charge in [0.15, 0.2) is 0 Å². The second kappa shape index (κ2) is 8.36. The molecule has 0 spiro atoms. The van der Waals surface area contributed by atoms with E-state index in [2.05, 4.69) is 10.6 Å². The van der Waals surface area contributed by atoms with Gasteiger partial charge in [0.05, 0.1) is 15.5 Å². The lowest BCUT2D eigenvalue weighted by atomic mass is 9.75. The van der Waals surface area contributed by atoms with Crippen LogP contribution in [0.4, 0.5) is 0 Å². The molecule has 23 heavy (non-hydrogen) atoms. The van der Waals surface area contributed by atoms with Gasteiger partial charge in [-0.05, 0) is 62.4 Å². The summed E-state index contributed by atoms with van der Waals surface area (Å²) in [5, 5.41) is 7.52. The molecule has 5 heteroatoms. The quantitative estimate of drug-likeness (QED) is 0.769. The molecule has 0 bridgehead atoms. The summed E-state index contributed by atoms with van der Waals surface area (Å²) in [7, 11) is 0. The van der Waals surface area contributed by atoms with Crippen LogP contribution in [-0.2, 0) is 10.2 Å². The van der Waals surface area contributed by atoms with Crippen LogP contribution in [0.3, 0.4) is 0 Å². The molecule has 0 saturated carbocycles. The molecular weight excluding hydrogens is 331 g/mol. The molecule has 3 nitrogen and oxygen atoms in total. The van der Waals surface area contributed by atoms with Crippen molar-refractivity contribution < 1.29 is 4.79 Å². The van der Waals surface area contributed by atoms with E-state index in [1.165, 1.54) is 6.42 Å². The van der Waals surface area contributed by atoms with Crippen LogP contribution in [0.1, 0.15) is 45.1 Å². The Balaban J connectivity index is 2.08. The molecule has 1 unspecified atom stereocenters. The SMILES string of the molecule is CCC(CC)(C(=O)NCCC1CCNC1)c1ccc(Cl)c(Cl)c1. The highest BCUT2D eigenvalue weighted by Gasteiger charge is 2.37. The Hall–Kier alpha value is -0.770. The topological polar surface area (TPSA) is 41.1 Å². The van der Waals surface area contributed by atoms with Crippen LogP contribution in [0, 0.1) is 5.92 Å². The zero-order valence-corrected chi connectivity index (χ0v) is 15.4. The van der Waals surface area contributed by atoms with Crippen molar-refractivity contribution in [1.82, 2.24) is 10.6 Å². The molecule has 0 aliphatic carbocycles. The molecule has 1 aromatic carbocycles. The van der Waals surface area contributed by atoms with Gasteiger partial charge in [0.2, 0.25) is 5.91 Å². The van der Waals surface area contributed by atoms with Gasteiger partial charge in [-0.2, -0.15) is 0 Å². The van der Waals surface area contributed by atoms with E-state index >= 15 is 0 Å². The van der Waals surface area contributed by atoms with E-state index in [0.717, 1.165) is 44.5 Å². The summed E-state index contributed by atoms with van der Waals surface area (Å²) in [5.74, 6) is 0.768. The molecule has 0 aromatic heterocycles. The average Bonchev–Trinajstić information content (AvgIpc) is 3.06. The first-order valence-electron chi connectivity index (χ1n) is 8.48. The fraction of sp³-hybridized carbons (Fsp3) is 0.611. The molecule has 128 valence electrons. The van der Waals surface area contributed by atoms with Crippen molar-refractivity contribution in [3.05, 3.63) is 33.8 Å². The van der Waals surface area contributed by atoms with Crippen LogP contribution in [-0.4, -0.2) is 25.5 Å². The number of carbonyl (C=O) groups is 1. The van der Waals surface area contributed by atoms with Crippen molar-refractivity contribution in [1.29, 1.82) is 0 Å². The van der Waals surface area contributed by atoms with Crippen LogP contribution in [0.15, 0.2) is 18.2 Å². The predicted octanol–water partition coefficient (Wildman–Crippen LogP) is 4.17. The van der Waals surface area contributed by atoms with Gasteiger partial charge in [0.25, 0.3) is 0 Å². The fourth-order valence-corrected chi connectivity index (χ4v) is 3.72. The largest absolute Gasteiger partial charge is 0.355 e. The number of hydrogen-bond acceptors (Lipinski definition) is 2. The van der Waals surface area contributed by atoms with Crippen molar-refractivity contribution in [3.8, 4) is 0 Å². The molecule has 1 fully saturated rings. The van der Waals surface area contributed by atoms with Crippen LogP contribution in [0.5, 0.6) is 0 Å². The fourth-order valence-electron chi connectivity index (χ4n) is 3.42. The van der Waals surface area contributed by atoms with Crippen molar-refractivity contribution in [3.63, 3.8) is 0 Å². The number of benzene rings is 1. The van der Waals surface area contributed by atoms with Crippen LogP contribution >= 0.6 is 23.2 Å². The first-order valence-corrected chi connectivity index (χ1v) is 9.23. The second-order valence-corrected chi connectivity index (χ2v) is 7.14. The minimum Gasteiger partial charge on any atom is -0.355 e. The second-order valence-electron chi connectivity index (χ2n) is 6.32. The Kier molecular flexibility index (Phi) is 6.75. The normalized spacial score (nSPS) is 18.2. The Labute approximate surface area is 149 Å². The number of halogens is 2. The predicted molar refractivity (Wildman–Crippen MR) is 97.3 cm³/mol. The maximum absolute atomic E-state index is 12.9. The van der Waals surface area contributed by atoms with E-state index < -0.39 is 5.41 Å². The maximum atomic E-state index is 12.9. The van der Waals surface area contributed by atoms with Gasteiger partial charge in [-0.3, -0.25) is 4.79 Å². The Morgan fingerprint density at radius 1 is 1.30 bits per heavy atom. The first-order chi connectivity index (χ1) is 11.0. The number of carbonyl (C=O) groups excluding carboxylic acids is 1. The van der Waals surface area contributed by atoms with Crippen molar-refractivity contribution in [2.75, 3.05) is 19.6 Å². The molecule has 0 radical (unpaired) electrons. The molecular formula is C18H26Cl2N2O. The summed E-state index contributed by atoms with van der Waals surface area (Å²) in [4.78, 5) is 12.9. The third-order valence-electron chi connectivity index (χ3n) is 5.11. The summed E-state index contributed by atoms with van der Waals surface area (Å²) in [6, 6.07) is 5.52. The van der Waals surface area contributed by atoms with Crippen LogP contribution < -0.4 is 10.6 Å². The number of rotatable bonds is 7. The van der Waals surface area contributed by atoms with Gasteiger partial charge >= 0.3 is 0 Å². The Morgan fingerprint density at radius 3 is 2.61 bits per heavy atom. The highest BCUT2D eigenvalue weighted by atomic mass is 35.5. The molecule has 1 aliphatic rings. The molecule has 1 atom stereocenters. The lowest BCUT2D eigenvalue weighted by molar-refractivity contribution is -0.127. The zero-order chi connectivity index (χ0) is 16.9. The van der Waals surface area contributed by atoms with Gasteiger partial charge in [0.1, 0.15) is 0 Å².